The summed E-state index contributed by atoms with van der Waals surface area (Å²) in [6.45, 7) is 0.275. The molecule has 0 aromatic heterocycles. The topological polar surface area (TPSA) is 60.7 Å². The van der Waals surface area contributed by atoms with Gasteiger partial charge in [-0.25, -0.2) is 0 Å². The Labute approximate surface area is 122 Å². The molecule has 0 aliphatic carbocycles. The van der Waals surface area contributed by atoms with Crippen LogP contribution >= 0.6 is 47.9 Å². The van der Waals surface area contributed by atoms with Crippen LogP contribution < -0.4 is 0 Å². The largest absolute Gasteiger partial charge is 0.396 e. The first-order valence-electron chi connectivity index (χ1n) is 5.52. The maximum Gasteiger partial charge on any atom is 0.0720 e. The van der Waals surface area contributed by atoms with E-state index < -0.39 is 0 Å². The van der Waals surface area contributed by atoms with E-state index in [2.05, 4.69) is 12.6 Å². The fourth-order valence-electron chi connectivity index (χ4n) is 1.04. The van der Waals surface area contributed by atoms with Crippen molar-refractivity contribution in [1.82, 2.24) is 0 Å². The lowest BCUT2D eigenvalue weighted by Gasteiger charge is -2.14. The first kappa shape index (κ1) is 18.3. The third-order valence-electron chi connectivity index (χ3n) is 1.81. The molecule has 0 fully saturated rings. The Morgan fingerprint density at radius 2 is 1.71 bits per heavy atom. The van der Waals surface area contributed by atoms with Gasteiger partial charge in [-0.15, -0.1) is 0 Å². The maximum atomic E-state index is 9.66. The quantitative estimate of drug-likeness (QED) is 0.316. The van der Waals surface area contributed by atoms with Crippen molar-refractivity contribution >= 4 is 47.9 Å². The predicted molar refractivity (Wildman–Crippen MR) is 84.9 cm³/mol. The Balaban J connectivity index is 3.45. The second-order valence-electron chi connectivity index (χ2n) is 3.39. The van der Waals surface area contributed by atoms with E-state index in [0.29, 0.717) is 11.5 Å². The van der Waals surface area contributed by atoms with Crippen LogP contribution in [0.1, 0.15) is 0 Å². The summed E-state index contributed by atoms with van der Waals surface area (Å²) >= 11 is 9.05. The van der Waals surface area contributed by atoms with Crippen LogP contribution in [0.4, 0.5) is 0 Å². The molecule has 2 atom stereocenters. The van der Waals surface area contributed by atoms with Crippen molar-refractivity contribution in [2.45, 2.75) is 11.4 Å². The molecule has 0 aliphatic rings. The van der Waals surface area contributed by atoms with Crippen LogP contribution in [0.5, 0.6) is 0 Å². The SMILES string of the molecule is OCCSC(CO)CSCC(O)CSCCS. The minimum absolute atomic E-state index is 0.127. The van der Waals surface area contributed by atoms with Gasteiger partial charge >= 0.3 is 0 Å². The van der Waals surface area contributed by atoms with Crippen LogP contribution in [0.2, 0.25) is 0 Å². The van der Waals surface area contributed by atoms with Gasteiger partial charge in [0.25, 0.3) is 0 Å². The lowest BCUT2D eigenvalue weighted by Crippen LogP contribution is -2.18. The molecule has 104 valence electrons. The number of hydrogen-bond acceptors (Lipinski definition) is 7. The highest BCUT2D eigenvalue weighted by Crippen LogP contribution is 2.17. The van der Waals surface area contributed by atoms with E-state index in [1.807, 2.05) is 0 Å². The van der Waals surface area contributed by atoms with E-state index in [-0.39, 0.29) is 24.6 Å². The third kappa shape index (κ3) is 12.1. The molecule has 0 spiro atoms. The van der Waals surface area contributed by atoms with Crippen molar-refractivity contribution in [3.8, 4) is 0 Å². The molecule has 0 saturated carbocycles. The lowest BCUT2D eigenvalue weighted by atomic mass is 10.5. The van der Waals surface area contributed by atoms with Crippen molar-refractivity contribution in [1.29, 1.82) is 0 Å². The standard InChI is InChI=1S/C10H22O3S4/c11-1-3-17-10(5-12)8-16-7-9(13)6-15-4-2-14/h9-14H,1-8H2. The van der Waals surface area contributed by atoms with Gasteiger partial charge in [-0.05, 0) is 5.75 Å². The summed E-state index contributed by atoms with van der Waals surface area (Å²) in [6.07, 6.45) is -0.285. The van der Waals surface area contributed by atoms with Gasteiger partial charge in [-0.2, -0.15) is 47.9 Å². The van der Waals surface area contributed by atoms with E-state index >= 15 is 0 Å². The van der Waals surface area contributed by atoms with Crippen molar-refractivity contribution < 1.29 is 15.3 Å². The Bertz CT molecular complexity index is 162. The van der Waals surface area contributed by atoms with E-state index in [0.717, 1.165) is 23.0 Å². The number of aliphatic hydroxyl groups excluding tert-OH is 3. The Morgan fingerprint density at radius 1 is 1.00 bits per heavy atom. The molecule has 0 aromatic carbocycles. The molecule has 7 heteroatoms. The summed E-state index contributed by atoms with van der Waals surface area (Å²) < 4.78 is 0. The summed E-state index contributed by atoms with van der Waals surface area (Å²) in [7, 11) is 0. The molecule has 0 aromatic rings. The predicted octanol–water partition coefficient (Wildman–Crippen LogP) is 0.830. The van der Waals surface area contributed by atoms with Crippen LogP contribution in [0.25, 0.3) is 0 Å². The van der Waals surface area contributed by atoms with E-state index in [9.17, 15) is 5.11 Å². The van der Waals surface area contributed by atoms with Crippen molar-refractivity contribution in [3.05, 3.63) is 0 Å². The molecular weight excluding hydrogens is 296 g/mol. The molecule has 0 amide bonds. The molecule has 0 heterocycles. The summed E-state index contributed by atoms with van der Waals surface area (Å²) in [5, 5.41) is 27.6. The molecule has 2 unspecified atom stereocenters. The highest BCUT2D eigenvalue weighted by molar-refractivity contribution is 8.03. The molecular formula is C10H22O3S4. The summed E-state index contributed by atoms with van der Waals surface area (Å²) in [5.74, 6) is 4.74. The fraction of sp³-hybridized carbons (Fsp3) is 1.00. The summed E-state index contributed by atoms with van der Waals surface area (Å²) in [5.41, 5.74) is 0. The number of thiol groups is 1. The van der Waals surface area contributed by atoms with Crippen molar-refractivity contribution in [2.75, 3.05) is 47.7 Å². The van der Waals surface area contributed by atoms with Crippen LogP contribution in [0.3, 0.4) is 0 Å². The van der Waals surface area contributed by atoms with E-state index in [1.165, 1.54) is 0 Å². The van der Waals surface area contributed by atoms with E-state index in [1.54, 1.807) is 35.3 Å². The molecule has 0 aliphatic heterocycles. The minimum atomic E-state index is -0.285. The van der Waals surface area contributed by atoms with Gasteiger partial charge in [0.1, 0.15) is 0 Å². The van der Waals surface area contributed by atoms with E-state index in [4.69, 9.17) is 10.2 Å². The third-order valence-corrected chi connectivity index (χ3v) is 6.12. The van der Waals surface area contributed by atoms with Crippen molar-refractivity contribution in [2.24, 2.45) is 0 Å². The highest BCUT2D eigenvalue weighted by Gasteiger charge is 2.10. The van der Waals surface area contributed by atoms with Gasteiger partial charge in [-0.3, -0.25) is 0 Å². The van der Waals surface area contributed by atoms with Crippen LogP contribution in [0.15, 0.2) is 0 Å². The number of rotatable bonds is 12. The number of thioether (sulfide) groups is 3. The molecule has 3 N–H and O–H groups in total. The van der Waals surface area contributed by atoms with Crippen LogP contribution in [-0.4, -0.2) is 74.4 Å². The Kier molecular flexibility index (Phi) is 14.7. The smallest absolute Gasteiger partial charge is 0.0720 e. The van der Waals surface area contributed by atoms with Gasteiger partial charge in [0.05, 0.1) is 19.3 Å². The Morgan fingerprint density at radius 3 is 2.29 bits per heavy atom. The second-order valence-corrected chi connectivity index (χ2v) is 7.47. The molecule has 0 saturated heterocycles. The Hall–Kier alpha value is 1.28. The molecule has 3 nitrogen and oxygen atoms in total. The van der Waals surface area contributed by atoms with Gasteiger partial charge in [-0.1, -0.05) is 0 Å². The molecule has 0 radical (unpaired) electrons. The van der Waals surface area contributed by atoms with Gasteiger partial charge in [0.15, 0.2) is 0 Å². The average molecular weight is 319 g/mol. The van der Waals surface area contributed by atoms with Gasteiger partial charge in [0.2, 0.25) is 0 Å². The molecule has 0 bridgehead atoms. The number of hydrogen-bond donors (Lipinski definition) is 4. The lowest BCUT2D eigenvalue weighted by molar-refractivity contribution is 0.225. The second kappa shape index (κ2) is 13.7. The van der Waals surface area contributed by atoms with Crippen LogP contribution in [0, 0.1) is 0 Å². The fourth-order valence-corrected chi connectivity index (χ4v) is 4.37. The van der Waals surface area contributed by atoms with Gasteiger partial charge in [0, 0.05) is 34.0 Å². The molecule has 17 heavy (non-hydrogen) atoms. The zero-order valence-electron chi connectivity index (χ0n) is 9.83. The average Bonchev–Trinajstić information content (AvgIpc) is 2.34. The summed E-state index contributed by atoms with van der Waals surface area (Å²) in [6, 6.07) is 0. The van der Waals surface area contributed by atoms with Crippen LogP contribution in [-0.2, 0) is 0 Å². The zero-order chi connectivity index (χ0) is 12.9. The number of aliphatic hydroxyl groups is 3. The summed E-state index contributed by atoms with van der Waals surface area (Å²) in [4.78, 5) is 0. The van der Waals surface area contributed by atoms with Crippen molar-refractivity contribution in [3.63, 3.8) is 0 Å². The maximum absolute atomic E-state index is 9.66. The normalized spacial score (nSPS) is 14.8. The highest BCUT2D eigenvalue weighted by atomic mass is 32.2. The van der Waals surface area contributed by atoms with Gasteiger partial charge < -0.3 is 15.3 Å². The zero-order valence-corrected chi connectivity index (χ0v) is 13.2. The minimum Gasteiger partial charge on any atom is -0.396 e. The first-order valence-corrected chi connectivity index (χ1v) is 9.51. The first-order chi connectivity index (χ1) is 8.24. The molecule has 0 rings (SSSR count). The monoisotopic (exact) mass is 318 g/mol.